The van der Waals surface area contributed by atoms with Gasteiger partial charge >= 0.3 is 6.03 Å². The zero-order valence-electron chi connectivity index (χ0n) is 14.8. The predicted molar refractivity (Wildman–Crippen MR) is 109 cm³/mol. The van der Waals surface area contributed by atoms with E-state index in [-0.39, 0.29) is 18.0 Å². The molecule has 0 atom stereocenters. The van der Waals surface area contributed by atoms with Gasteiger partial charge in [0.15, 0.2) is 0 Å². The monoisotopic (exact) mass is 412 g/mol. The molecule has 0 unspecified atom stereocenters. The second-order valence-electron chi connectivity index (χ2n) is 6.46. The molecule has 0 bridgehead atoms. The summed E-state index contributed by atoms with van der Waals surface area (Å²) in [6.45, 7) is 0.223. The summed E-state index contributed by atoms with van der Waals surface area (Å²) in [6.07, 6.45) is 0. The number of halogens is 1. The number of anilines is 1. The van der Waals surface area contributed by atoms with Crippen molar-refractivity contribution >= 4 is 33.3 Å². The van der Waals surface area contributed by atoms with Gasteiger partial charge in [0.25, 0.3) is 10.0 Å². The molecular formula is C21H17ClN2O3S. The largest absolute Gasteiger partial charge is 0.339 e. The number of para-hydroxylation sites is 1. The zero-order valence-corrected chi connectivity index (χ0v) is 16.4. The molecule has 0 fully saturated rings. The molecule has 1 aliphatic heterocycles. The highest BCUT2D eigenvalue weighted by Gasteiger charge is 2.41. The molecule has 142 valence electrons. The van der Waals surface area contributed by atoms with Crippen molar-refractivity contribution in [3.8, 4) is 0 Å². The van der Waals surface area contributed by atoms with Crippen LogP contribution in [0.4, 0.5) is 10.5 Å². The van der Waals surface area contributed by atoms with Crippen molar-refractivity contribution < 1.29 is 13.2 Å². The van der Waals surface area contributed by atoms with Gasteiger partial charge in [-0.1, -0.05) is 66.2 Å². The molecule has 0 N–H and O–H groups in total. The number of amides is 2. The molecule has 3 aromatic rings. The predicted octanol–water partition coefficient (Wildman–Crippen LogP) is 4.67. The molecule has 4 rings (SSSR count). The maximum atomic E-state index is 13.2. The van der Waals surface area contributed by atoms with Crippen molar-refractivity contribution in [2.24, 2.45) is 0 Å². The smallest absolute Gasteiger partial charge is 0.288 e. The van der Waals surface area contributed by atoms with Crippen LogP contribution in [0.3, 0.4) is 0 Å². The lowest BCUT2D eigenvalue weighted by Crippen LogP contribution is -2.49. The summed E-state index contributed by atoms with van der Waals surface area (Å²) in [6, 6.07) is 22.2. The summed E-state index contributed by atoms with van der Waals surface area (Å²) < 4.78 is 27.2. The molecule has 0 saturated carbocycles. The van der Waals surface area contributed by atoms with Gasteiger partial charge in [-0.15, -0.1) is 0 Å². The van der Waals surface area contributed by atoms with Gasteiger partial charge in [-0.25, -0.2) is 17.5 Å². The number of benzene rings is 3. The third-order valence-corrected chi connectivity index (χ3v) is 6.61. The highest BCUT2D eigenvalue weighted by Crippen LogP contribution is 2.36. The summed E-state index contributed by atoms with van der Waals surface area (Å²) in [5.74, 6) is 0. The Morgan fingerprint density at radius 2 is 1.36 bits per heavy atom. The Morgan fingerprint density at radius 1 is 0.750 bits per heavy atom. The number of carbonyl (C=O) groups is 1. The first-order chi connectivity index (χ1) is 13.5. The van der Waals surface area contributed by atoms with Crippen molar-refractivity contribution in [1.29, 1.82) is 0 Å². The van der Waals surface area contributed by atoms with E-state index in [1.807, 2.05) is 30.3 Å². The Balaban J connectivity index is 1.77. The topological polar surface area (TPSA) is 57.7 Å². The minimum absolute atomic E-state index is 0.0204. The van der Waals surface area contributed by atoms with E-state index in [4.69, 9.17) is 11.6 Å². The van der Waals surface area contributed by atoms with E-state index < -0.39 is 16.1 Å². The number of rotatable bonds is 4. The van der Waals surface area contributed by atoms with Gasteiger partial charge < -0.3 is 0 Å². The fourth-order valence-electron chi connectivity index (χ4n) is 3.18. The maximum absolute atomic E-state index is 13.2. The van der Waals surface area contributed by atoms with Crippen LogP contribution in [0, 0.1) is 0 Å². The maximum Gasteiger partial charge on any atom is 0.339 e. The first kappa shape index (κ1) is 18.5. The molecule has 0 saturated heterocycles. The third kappa shape index (κ3) is 3.37. The van der Waals surface area contributed by atoms with Crippen molar-refractivity contribution in [3.05, 3.63) is 95.0 Å². The van der Waals surface area contributed by atoms with Crippen molar-refractivity contribution in [3.63, 3.8) is 0 Å². The van der Waals surface area contributed by atoms with Crippen LogP contribution in [0.1, 0.15) is 11.1 Å². The van der Waals surface area contributed by atoms with Crippen LogP contribution in [0.25, 0.3) is 0 Å². The average molecular weight is 413 g/mol. The normalized spacial score (nSPS) is 15.4. The molecule has 0 spiro atoms. The van der Waals surface area contributed by atoms with Gasteiger partial charge in [-0.3, -0.25) is 4.90 Å². The average Bonchev–Trinajstić information content (AvgIpc) is 2.71. The number of hydrogen-bond donors (Lipinski definition) is 0. The molecule has 28 heavy (non-hydrogen) atoms. The summed E-state index contributed by atoms with van der Waals surface area (Å²) in [7, 11) is -3.94. The van der Waals surface area contributed by atoms with Crippen LogP contribution in [-0.4, -0.2) is 18.8 Å². The lowest BCUT2D eigenvalue weighted by Gasteiger charge is -2.36. The fourth-order valence-corrected chi connectivity index (χ4v) is 4.86. The number of hydrogen-bond acceptors (Lipinski definition) is 3. The first-order valence-electron chi connectivity index (χ1n) is 8.68. The van der Waals surface area contributed by atoms with E-state index in [0.717, 1.165) is 15.4 Å². The van der Waals surface area contributed by atoms with Crippen LogP contribution >= 0.6 is 11.6 Å². The van der Waals surface area contributed by atoms with Crippen molar-refractivity contribution in [2.75, 3.05) is 4.90 Å². The molecule has 1 aliphatic rings. The lowest BCUT2D eigenvalue weighted by atomic mass is 10.2. The van der Waals surface area contributed by atoms with E-state index in [1.165, 1.54) is 11.0 Å². The zero-order chi connectivity index (χ0) is 19.7. The van der Waals surface area contributed by atoms with Gasteiger partial charge in [-0.05, 0) is 35.4 Å². The second-order valence-corrected chi connectivity index (χ2v) is 8.73. The minimum atomic E-state index is -3.94. The van der Waals surface area contributed by atoms with Gasteiger partial charge in [-0.2, -0.15) is 0 Å². The molecular weight excluding hydrogens is 396 g/mol. The molecule has 2 amide bonds. The number of sulfonamides is 1. The second kappa shape index (κ2) is 7.30. The van der Waals surface area contributed by atoms with Crippen LogP contribution in [0.5, 0.6) is 0 Å². The fraction of sp³-hybridized carbons (Fsp3) is 0.0952. The van der Waals surface area contributed by atoms with Gasteiger partial charge in [0.1, 0.15) is 4.90 Å². The molecule has 1 heterocycles. The number of nitrogens with zero attached hydrogens (tertiary/aromatic N) is 2. The van der Waals surface area contributed by atoms with Crippen LogP contribution in [0.15, 0.2) is 83.8 Å². The highest BCUT2D eigenvalue weighted by molar-refractivity contribution is 7.90. The SMILES string of the molecule is O=C1N(Cc2ccc(Cl)cc2)c2ccccc2S(=O)(=O)N1Cc1ccccc1. The summed E-state index contributed by atoms with van der Waals surface area (Å²) in [5, 5.41) is 0.599. The molecule has 0 aliphatic carbocycles. The van der Waals surface area contributed by atoms with E-state index in [9.17, 15) is 13.2 Å². The quantitative estimate of drug-likeness (QED) is 0.625. The third-order valence-electron chi connectivity index (χ3n) is 4.59. The highest BCUT2D eigenvalue weighted by atomic mass is 35.5. The van der Waals surface area contributed by atoms with Crippen LogP contribution < -0.4 is 4.90 Å². The van der Waals surface area contributed by atoms with Gasteiger partial charge in [0.2, 0.25) is 0 Å². The standard InChI is InChI=1S/C21H17ClN2O3S/c22-18-12-10-17(11-13-18)14-23-19-8-4-5-9-20(19)28(26,27)24(21(23)25)15-16-6-2-1-3-7-16/h1-13H,14-15H2. The van der Waals surface area contributed by atoms with Gasteiger partial charge in [0, 0.05) is 5.02 Å². The molecule has 0 aromatic heterocycles. The summed E-state index contributed by atoms with van der Waals surface area (Å²) in [4.78, 5) is 14.8. The van der Waals surface area contributed by atoms with Crippen LogP contribution in [-0.2, 0) is 23.1 Å². The Kier molecular flexibility index (Phi) is 4.83. The van der Waals surface area contributed by atoms with Crippen molar-refractivity contribution in [1.82, 2.24) is 4.31 Å². The molecule has 7 heteroatoms. The Labute approximate surface area is 168 Å². The molecule has 5 nitrogen and oxygen atoms in total. The molecule has 3 aromatic carbocycles. The summed E-state index contributed by atoms with van der Waals surface area (Å²) >= 11 is 5.95. The Morgan fingerprint density at radius 3 is 2.07 bits per heavy atom. The van der Waals surface area contributed by atoms with E-state index in [1.54, 1.807) is 42.5 Å². The molecule has 0 radical (unpaired) electrons. The van der Waals surface area contributed by atoms with Crippen LogP contribution in [0.2, 0.25) is 5.02 Å². The minimum Gasteiger partial charge on any atom is -0.288 e. The Hall–Kier alpha value is -2.83. The Bertz CT molecular complexity index is 1120. The number of fused-ring (bicyclic) bond motifs is 1. The van der Waals surface area contributed by atoms with Gasteiger partial charge in [0.05, 0.1) is 18.8 Å². The summed E-state index contributed by atoms with van der Waals surface area (Å²) in [5.41, 5.74) is 1.98. The van der Waals surface area contributed by atoms with Crippen molar-refractivity contribution in [2.45, 2.75) is 18.0 Å². The van der Waals surface area contributed by atoms with E-state index in [0.29, 0.717) is 10.7 Å². The van der Waals surface area contributed by atoms with E-state index >= 15 is 0 Å². The van der Waals surface area contributed by atoms with E-state index in [2.05, 4.69) is 0 Å². The number of urea groups is 1. The first-order valence-corrected chi connectivity index (χ1v) is 10.5. The number of carbonyl (C=O) groups excluding carboxylic acids is 1. The lowest BCUT2D eigenvalue weighted by molar-refractivity contribution is 0.226.